The Morgan fingerprint density at radius 1 is 1.09 bits per heavy atom. The van der Waals surface area contributed by atoms with E-state index in [4.69, 9.17) is 4.42 Å². The van der Waals surface area contributed by atoms with Crippen molar-refractivity contribution >= 4 is 22.7 Å². The van der Waals surface area contributed by atoms with Crippen molar-refractivity contribution in [3.8, 4) is 0 Å². The van der Waals surface area contributed by atoms with Gasteiger partial charge in [-0.1, -0.05) is 6.07 Å². The zero-order valence-electron chi connectivity index (χ0n) is 11.6. The second kappa shape index (κ2) is 4.85. The Hall–Kier alpha value is -2.86. The van der Waals surface area contributed by atoms with Crippen molar-refractivity contribution in [2.45, 2.75) is 13.1 Å². The van der Waals surface area contributed by atoms with Crippen LogP contribution in [0.2, 0.25) is 0 Å². The number of fused-ring (bicyclic) bond motifs is 2. The third-order valence-corrected chi connectivity index (χ3v) is 3.78. The van der Waals surface area contributed by atoms with E-state index in [0.29, 0.717) is 22.4 Å². The fourth-order valence-corrected chi connectivity index (χ4v) is 2.67. The molecule has 0 unspecified atom stereocenters. The molecule has 0 aliphatic carbocycles. The second-order valence-corrected chi connectivity index (χ2v) is 5.27. The number of carbonyl (C=O) groups is 1. The molecule has 6 nitrogen and oxygen atoms in total. The van der Waals surface area contributed by atoms with Crippen LogP contribution >= 0.6 is 0 Å². The number of aromatic nitrogens is 1. The molecule has 0 bridgehead atoms. The molecule has 6 heteroatoms. The average molecular weight is 295 g/mol. The Kier molecular flexibility index (Phi) is 2.83. The molecule has 110 valence electrons. The number of H-pyrrole nitrogens is 1. The van der Waals surface area contributed by atoms with Crippen molar-refractivity contribution in [2.24, 2.45) is 0 Å². The third kappa shape index (κ3) is 2.19. The van der Waals surface area contributed by atoms with Gasteiger partial charge in [-0.15, -0.1) is 0 Å². The predicted octanol–water partition coefficient (Wildman–Crippen LogP) is 1.98. The normalized spacial score (nSPS) is 13.3. The summed E-state index contributed by atoms with van der Waals surface area (Å²) in [6, 6.07) is 10.7. The molecule has 4 rings (SSSR count). The summed E-state index contributed by atoms with van der Waals surface area (Å²) in [7, 11) is 0. The van der Waals surface area contributed by atoms with Gasteiger partial charge in [-0.3, -0.25) is 9.78 Å². The number of rotatable bonds is 2. The van der Waals surface area contributed by atoms with Crippen molar-refractivity contribution in [1.82, 2.24) is 10.3 Å². The zero-order valence-corrected chi connectivity index (χ0v) is 11.6. The van der Waals surface area contributed by atoms with Gasteiger partial charge in [-0.25, -0.2) is 4.79 Å². The highest BCUT2D eigenvalue weighted by Crippen LogP contribution is 2.20. The molecular formula is C16H13N3O3. The number of oxazole rings is 1. The summed E-state index contributed by atoms with van der Waals surface area (Å²) >= 11 is 0. The molecule has 0 radical (unpaired) electrons. The van der Waals surface area contributed by atoms with Gasteiger partial charge < -0.3 is 15.1 Å². The summed E-state index contributed by atoms with van der Waals surface area (Å²) in [6.07, 6.45) is 0. The molecule has 3 N–H and O–H groups in total. The second-order valence-electron chi connectivity index (χ2n) is 5.27. The van der Waals surface area contributed by atoms with Crippen LogP contribution in [0.3, 0.4) is 0 Å². The first-order valence-electron chi connectivity index (χ1n) is 6.96. The predicted molar refractivity (Wildman–Crippen MR) is 81.8 cm³/mol. The first-order chi connectivity index (χ1) is 10.7. The molecule has 1 amide bonds. The number of nitrogens with one attached hydrogen (secondary N) is 3. The summed E-state index contributed by atoms with van der Waals surface area (Å²) in [5.41, 5.74) is 4.63. The molecule has 1 aliphatic heterocycles. The molecule has 0 fully saturated rings. The quantitative estimate of drug-likeness (QED) is 0.674. The van der Waals surface area contributed by atoms with Crippen LogP contribution < -0.4 is 16.4 Å². The highest BCUT2D eigenvalue weighted by Gasteiger charge is 2.14. The van der Waals surface area contributed by atoms with E-state index in [1.54, 1.807) is 18.2 Å². The maximum atomic E-state index is 12.3. The summed E-state index contributed by atoms with van der Waals surface area (Å²) in [4.78, 5) is 26.0. The van der Waals surface area contributed by atoms with Gasteiger partial charge in [0.15, 0.2) is 5.58 Å². The molecule has 2 heterocycles. The number of amides is 1. The van der Waals surface area contributed by atoms with E-state index in [1.807, 2.05) is 18.2 Å². The molecule has 0 saturated carbocycles. The Morgan fingerprint density at radius 2 is 1.95 bits per heavy atom. The SMILES string of the molecule is O=C(Nc1ccc2oc(=O)[nH]c2c1)c1ccc2c(c1)CNC2. The first kappa shape index (κ1) is 12.8. The minimum atomic E-state index is -0.510. The van der Waals surface area contributed by atoms with Crippen LogP contribution in [0.1, 0.15) is 21.5 Å². The van der Waals surface area contributed by atoms with Gasteiger partial charge in [-0.2, -0.15) is 0 Å². The average Bonchev–Trinajstić information content (AvgIpc) is 3.10. The van der Waals surface area contributed by atoms with Gasteiger partial charge in [0.1, 0.15) is 0 Å². The van der Waals surface area contributed by atoms with E-state index >= 15 is 0 Å². The number of carbonyl (C=O) groups excluding carboxylic acids is 1. The Bertz CT molecular complexity index is 939. The van der Waals surface area contributed by atoms with Crippen LogP contribution in [0.4, 0.5) is 5.69 Å². The lowest BCUT2D eigenvalue weighted by atomic mass is 10.1. The van der Waals surface area contributed by atoms with Gasteiger partial charge in [0.25, 0.3) is 5.91 Å². The molecule has 0 saturated heterocycles. The standard InChI is InChI=1S/C16H13N3O3/c20-15(9-1-2-10-7-17-8-11(10)5-9)18-12-3-4-14-13(6-12)19-16(21)22-14/h1-6,17H,7-8H2,(H,18,20)(H,19,21). The zero-order chi connectivity index (χ0) is 15.1. The molecule has 2 aromatic carbocycles. The van der Waals surface area contributed by atoms with E-state index < -0.39 is 5.76 Å². The van der Waals surface area contributed by atoms with Crippen LogP contribution in [0.25, 0.3) is 11.1 Å². The lowest BCUT2D eigenvalue weighted by molar-refractivity contribution is 0.102. The number of anilines is 1. The molecule has 22 heavy (non-hydrogen) atoms. The van der Waals surface area contributed by atoms with Crippen LogP contribution in [-0.4, -0.2) is 10.9 Å². The molecule has 0 atom stereocenters. The van der Waals surface area contributed by atoms with Crippen molar-refractivity contribution in [2.75, 3.05) is 5.32 Å². The molecule has 1 aliphatic rings. The van der Waals surface area contributed by atoms with Crippen molar-refractivity contribution in [3.63, 3.8) is 0 Å². The van der Waals surface area contributed by atoms with Crippen LogP contribution in [0, 0.1) is 0 Å². The van der Waals surface area contributed by atoms with Crippen molar-refractivity contribution in [1.29, 1.82) is 0 Å². The lowest BCUT2D eigenvalue weighted by Gasteiger charge is -2.06. The van der Waals surface area contributed by atoms with E-state index in [0.717, 1.165) is 18.7 Å². The molecule has 3 aromatic rings. The smallest absolute Gasteiger partial charge is 0.408 e. The topological polar surface area (TPSA) is 87.1 Å². The van der Waals surface area contributed by atoms with E-state index in [9.17, 15) is 9.59 Å². The third-order valence-electron chi connectivity index (χ3n) is 3.78. The Morgan fingerprint density at radius 3 is 2.86 bits per heavy atom. The summed E-state index contributed by atoms with van der Waals surface area (Å²) < 4.78 is 4.93. The van der Waals surface area contributed by atoms with Crippen molar-refractivity contribution < 1.29 is 9.21 Å². The van der Waals surface area contributed by atoms with Crippen molar-refractivity contribution in [3.05, 3.63) is 63.6 Å². The summed E-state index contributed by atoms with van der Waals surface area (Å²) in [5.74, 6) is -0.690. The fourth-order valence-electron chi connectivity index (χ4n) is 2.67. The Labute approximate surface area is 125 Å². The fraction of sp³-hybridized carbons (Fsp3) is 0.125. The molecule has 1 aromatic heterocycles. The first-order valence-corrected chi connectivity index (χ1v) is 6.96. The summed E-state index contributed by atoms with van der Waals surface area (Å²) in [6.45, 7) is 1.64. The van der Waals surface area contributed by atoms with E-state index in [1.165, 1.54) is 5.56 Å². The van der Waals surface area contributed by atoms with Gasteiger partial charge in [0, 0.05) is 24.3 Å². The van der Waals surface area contributed by atoms with Gasteiger partial charge in [0.05, 0.1) is 5.52 Å². The summed E-state index contributed by atoms with van der Waals surface area (Å²) in [5, 5.41) is 6.08. The minimum absolute atomic E-state index is 0.181. The highest BCUT2D eigenvalue weighted by molar-refractivity contribution is 6.05. The van der Waals surface area contributed by atoms with Crippen LogP contribution in [0.5, 0.6) is 0 Å². The van der Waals surface area contributed by atoms with Crippen LogP contribution in [-0.2, 0) is 13.1 Å². The minimum Gasteiger partial charge on any atom is -0.408 e. The number of benzene rings is 2. The number of aromatic amines is 1. The largest absolute Gasteiger partial charge is 0.417 e. The van der Waals surface area contributed by atoms with E-state index in [2.05, 4.69) is 15.6 Å². The number of hydrogen-bond acceptors (Lipinski definition) is 4. The highest BCUT2D eigenvalue weighted by atomic mass is 16.4. The van der Waals surface area contributed by atoms with Gasteiger partial charge in [-0.05, 0) is 41.5 Å². The number of hydrogen-bond donors (Lipinski definition) is 3. The lowest BCUT2D eigenvalue weighted by Crippen LogP contribution is -2.12. The van der Waals surface area contributed by atoms with Gasteiger partial charge >= 0.3 is 5.76 Å². The van der Waals surface area contributed by atoms with E-state index in [-0.39, 0.29) is 5.91 Å². The molecule has 0 spiro atoms. The maximum Gasteiger partial charge on any atom is 0.417 e. The monoisotopic (exact) mass is 295 g/mol. The van der Waals surface area contributed by atoms with Crippen LogP contribution in [0.15, 0.2) is 45.6 Å². The maximum absolute atomic E-state index is 12.3. The molecular weight excluding hydrogens is 282 g/mol. The van der Waals surface area contributed by atoms with Gasteiger partial charge in [0.2, 0.25) is 0 Å². The Balaban J connectivity index is 1.61.